The second kappa shape index (κ2) is 41.1. The van der Waals surface area contributed by atoms with Crippen LogP contribution in [-0.4, -0.2) is 35.8 Å². The monoisotopic (exact) mass is 680 g/mol. The maximum absolute atomic E-state index is 10.4. The summed E-state index contributed by atoms with van der Waals surface area (Å²) >= 11 is 0. The first-order valence-corrected chi connectivity index (χ1v) is 16.4. The quantitative estimate of drug-likeness (QED) is 0.0961. The maximum Gasteiger partial charge on any atom is 2.00 e. The van der Waals surface area contributed by atoms with Crippen molar-refractivity contribution in [3.05, 3.63) is 49.2 Å². The summed E-state index contributed by atoms with van der Waals surface area (Å²) in [5.41, 5.74) is 1.44. The summed E-state index contributed by atoms with van der Waals surface area (Å²) in [6.45, 7) is 15.8. The van der Waals surface area contributed by atoms with E-state index in [1.807, 2.05) is 12.1 Å². The van der Waals surface area contributed by atoms with Crippen molar-refractivity contribution in [3.63, 3.8) is 0 Å². The number of rotatable bonds is 21. The zero-order chi connectivity index (χ0) is 30.7. The fraction of sp³-hybridized carbons (Fsp3) is 0.722. The molecule has 0 aliphatic rings. The molecule has 41 heavy (non-hydrogen) atoms. The van der Waals surface area contributed by atoms with Crippen LogP contribution in [0.15, 0.2) is 24.3 Å². The normalized spacial score (nSPS) is 9.61. The van der Waals surface area contributed by atoms with Crippen LogP contribution in [0.1, 0.15) is 178 Å². The van der Waals surface area contributed by atoms with Gasteiger partial charge in [0.25, 0.3) is 0 Å². The van der Waals surface area contributed by atoms with Gasteiger partial charge in [0.2, 0.25) is 0 Å². The van der Waals surface area contributed by atoms with Crippen LogP contribution in [-0.2, 0) is 11.2 Å². The van der Waals surface area contributed by atoms with Crippen LogP contribution >= 0.6 is 0 Å². The van der Waals surface area contributed by atoms with Crippen molar-refractivity contribution in [2.75, 3.05) is 0 Å². The van der Waals surface area contributed by atoms with Gasteiger partial charge < -0.3 is 19.8 Å². The van der Waals surface area contributed by atoms with Crippen molar-refractivity contribution in [1.82, 2.24) is 0 Å². The van der Waals surface area contributed by atoms with E-state index in [4.69, 9.17) is 0 Å². The van der Waals surface area contributed by atoms with Gasteiger partial charge in [0.15, 0.2) is 0 Å². The molecular weight excluding hydrogens is 615 g/mol. The average Bonchev–Trinajstić information content (AvgIpc) is 2.97. The minimum atomic E-state index is -1.11. The SMILES string of the molecule is CCCCCCCCCCCCCCCCC(=O)[O-].CCCCc1ccc(C(=O)[O-])cc1.[CH2]CCC.[CH2]CCC.[Sn+2]. The molecule has 5 heteroatoms. The molecule has 0 saturated heterocycles. The van der Waals surface area contributed by atoms with Gasteiger partial charge in [0.1, 0.15) is 0 Å². The maximum atomic E-state index is 10.4. The Kier molecular flexibility index (Phi) is 47.0. The molecule has 4 nitrogen and oxygen atoms in total. The molecule has 0 N–H and O–H groups in total. The van der Waals surface area contributed by atoms with Crippen molar-refractivity contribution < 1.29 is 19.8 Å². The van der Waals surface area contributed by atoms with Crippen LogP contribution in [0.5, 0.6) is 0 Å². The molecule has 236 valence electrons. The molecule has 4 radical (unpaired) electrons. The topological polar surface area (TPSA) is 80.3 Å². The molecule has 0 heterocycles. The fourth-order valence-electron chi connectivity index (χ4n) is 3.65. The molecule has 0 aliphatic carbocycles. The number of carbonyl (C=O) groups is 2. The minimum Gasteiger partial charge on any atom is -0.550 e. The van der Waals surface area contributed by atoms with E-state index in [-0.39, 0.29) is 35.9 Å². The third-order valence-electron chi connectivity index (χ3n) is 6.45. The average molecular weight is 680 g/mol. The predicted molar refractivity (Wildman–Crippen MR) is 176 cm³/mol. The molecule has 0 saturated carbocycles. The number of hydrogen-bond acceptors (Lipinski definition) is 4. The summed E-state index contributed by atoms with van der Waals surface area (Å²) in [4.78, 5) is 20.6. The molecule has 0 amide bonds. The first-order chi connectivity index (χ1) is 19.3. The van der Waals surface area contributed by atoms with Crippen LogP contribution in [0.3, 0.4) is 0 Å². The molecule has 0 aliphatic heterocycles. The van der Waals surface area contributed by atoms with Crippen molar-refractivity contribution in [3.8, 4) is 0 Å². The fourth-order valence-corrected chi connectivity index (χ4v) is 3.65. The number of unbranched alkanes of at least 4 members (excludes halogenated alkanes) is 16. The van der Waals surface area contributed by atoms with Crippen molar-refractivity contribution in [1.29, 1.82) is 0 Å². The predicted octanol–water partition coefficient (Wildman–Crippen LogP) is 8.86. The molecule has 0 atom stereocenters. The molecule has 0 spiro atoms. The Morgan fingerprint density at radius 2 is 0.902 bits per heavy atom. The Morgan fingerprint density at radius 3 is 1.20 bits per heavy atom. The van der Waals surface area contributed by atoms with Crippen LogP contribution in [0.25, 0.3) is 0 Å². The smallest absolute Gasteiger partial charge is 0.550 e. The van der Waals surface area contributed by atoms with Crippen LogP contribution < -0.4 is 10.2 Å². The van der Waals surface area contributed by atoms with E-state index in [0.717, 1.165) is 44.9 Å². The van der Waals surface area contributed by atoms with E-state index in [0.29, 0.717) is 0 Å². The number of aliphatic carboxylic acids is 1. The molecule has 0 bridgehead atoms. The summed E-state index contributed by atoms with van der Waals surface area (Å²) in [6, 6.07) is 6.89. The molecule has 0 unspecified atom stereocenters. The summed E-state index contributed by atoms with van der Waals surface area (Å²) in [7, 11) is 0. The number of hydrogen-bond donors (Lipinski definition) is 0. The van der Waals surface area contributed by atoms with E-state index in [1.165, 1.54) is 95.5 Å². The summed E-state index contributed by atoms with van der Waals surface area (Å²) in [6.07, 6.45) is 26.3. The zero-order valence-electron chi connectivity index (χ0n) is 27.4. The Morgan fingerprint density at radius 1 is 0.561 bits per heavy atom. The second-order valence-corrected chi connectivity index (χ2v) is 10.5. The van der Waals surface area contributed by atoms with E-state index in [1.54, 1.807) is 12.1 Å². The molecule has 1 aromatic carbocycles. The number of benzene rings is 1. The third-order valence-corrected chi connectivity index (χ3v) is 6.45. The standard InChI is InChI=1S/C17H34O2.C11H14O2.2C4H9.Sn/c1-2-3-4-5-6-7-8-9-10-11-12-13-14-15-16-17(18)19;1-2-3-4-9-5-7-10(8-6-9)11(12)13;2*1-3-4-2;/h2-16H2,1H3,(H,18,19);5-8H,2-4H2,1H3,(H,12,13);2*1,3-4H2,2H3;/q;;;;+2/p-2. The van der Waals surface area contributed by atoms with Crippen molar-refractivity contribution in [2.45, 2.75) is 169 Å². The van der Waals surface area contributed by atoms with Gasteiger partial charge in [-0.25, -0.2) is 0 Å². The Bertz CT molecular complexity index is 623. The Balaban J connectivity index is -0.000000267. The van der Waals surface area contributed by atoms with Crippen molar-refractivity contribution >= 4 is 35.8 Å². The van der Waals surface area contributed by atoms with E-state index in [2.05, 4.69) is 41.5 Å². The zero-order valence-corrected chi connectivity index (χ0v) is 30.3. The minimum absolute atomic E-state index is 0. The Labute approximate surface area is 272 Å². The first kappa shape index (κ1) is 46.9. The van der Waals surface area contributed by atoms with Gasteiger partial charge >= 0.3 is 23.9 Å². The number of aromatic carboxylic acids is 1. The summed E-state index contributed by atoms with van der Waals surface area (Å²) in [5, 5.41) is 20.6. The second-order valence-electron chi connectivity index (χ2n) is 10.5. The third kappa shape index (κ3) is 43.5. The van der Waals surface area contributed by atoms with Gasteiger partial charge in [-0.1, -0.05) is 181 Å². The van der Waals surface area contributed by atoms with Gasteiger partial charge in [-0.15, -0.1) is 0 Å². The Hall–Kier alpha value is -1.04. The van der Waals surface area contributed by atoms with Crippen LogP contribution in [0.4, 0.5) is 0 Å². The number of carboxylic acids is 2. The molecule has 1 rings (SSSR count). The first-order valence-electron chi connectivity index (χ1n) is 16.4. The van der Waals surface area contributed by atoms with Gasteiger partial charge in [0, 0.05) is 5.97 Å². The van der Waals surface area contributed by atoms with E-state index >= 15 is 0 Å². The summed E-state index contributed by atoms with van der Waals surface area (Å²) < 4.78 is 0. The van der Waals surface area contributed by atoms with Gasteiger partial charge in [-0.2, -0.15) is 0 Å². The summed E-state index contributed by atoms with van der Waals surface area (Å²) in [5.74, 6) is -2.01. The molecule has 0 fully saturated rings. The van der Waals surface area contributed by atoms with Gasteiger partial charge in [-0.3, -0.25) is 0 Å². The van der Waals surface area contributed by atoms with Gasteiger partial charge in [0.05, 0.1) is 5.97 Å². The van der Waals surface area contributed by atoms with Crippen LogP contribution in [0, 0.1) is 13.8 Å². The molecule has 0 aromatic heterocycles. The van der Waals surface area contributed by atoms with E-state index in [9.17, 15) is 19.8 Å². The molecular formula is C36H64O4Sn. The van der Waals surface area contributed by atoms with Gasteiger partial charge in [-0.05, 0) is 36.8 Å². The molecule has 1 aromatic rings. The van der Waals surface area contributed by atoms with E-state index < -0.39 is 11.9 Å². The van der Waals surface area contributed by atoms with Crippen LogP contribution in [0.2, 0.25) is 0 Å². The van der Waals surface area contributed by atoms with Crippen molar-refractivity contribution in [2.24, 2.45) is 0 Å². The number of carboxylic acid groups (broad SMARTS) is 2. The number of aryl methyl sites for hydroxylation is 1. The largest absolute Gasteiger partial charge is 2.00 e. The number of carbonyl (C=O) groups excluding carboxylic acids is 2.